The normalized spacial score (nSPS) is 15.1. The van der Waals surface area contributed by atoms with Crippen molar-refractivity contribution in [3.05, 3.63) is 29.8 Å². The van der Waals surface area contributed by atoms with E-state index in [2.05, 4.69) is 10.6 Å². The first kappa shape index (κ1) is 30.9. The van der Waals surface area contributed by atoms with Crippen LogP contribution in [0.1, 0.15) is 71.8 Å². The first-order valence-electron chi connectivity index (χ1n) is 12.6. The standard InChI is InChI=1S/C26H42N4O6/c1-5-7-8-9-20(36-26(35)23(28)16(3)6-2)15-22(31)30-21(24(32)29-17(4)25(33)34)14-18-10-12-19(27)13-11-18/h10-13,16-17,20-21,23H,5-9,14-15,27-28H2,1-4H3,(H,29,32)(H,30,31)(H,33,34)/t16-,17-,20+,21-,23+/m0/s1. The Morgan fingerprint density at radius 1 is 1.03 bits per heavy atom. The summed E-state index contributed by atoms with van der Waals surface area (Å²) in [5, 5.41) is 14.2. The number of amides is 2. The van der Waals surface area contributed by atoms with E-state index in [0.29, 0.717) is 18.5 Å². The van der Waals surface area contributed by atoms with Crippen molar-refractivity contribution < 1.29 is 29.0 Å². The fraction of sp³-hybridized carbons (Fsp3) is 0.615. The van der Waals surface area contributed by atoms with Gasteiger partial charge >= 0.3 is 11.9 Å². The van der Waals surface area contributed by atoms with Gasteiger partial charge in [0.15, 0.2) is 0 Å². The molecule has 202 valence electrons. The number of nitrogen functional groups attached to an aromatic ring is 1. The van der Waals surface area contributed by atoms with Crippen LogP contribution in [0.2, 0.25) is 0 Å². The van der Waals surface area contributed by atoms with Crippen molar-refractivity contribution in [3.8, 4) is 0 Å². The summed E-state index contributed by atoms with van der Waals surface area (Å²) in [4.78, 5) is 49.5. The molecule has 1 aromatic rings. The van der Waals surface area contributed by atoms with E-state index in [1.807, 2.05) is 20.8 Å². The van der Waals surface area contributed by atoms with Crippen molar-refractivity contribution in [2.45, 2.75) is 96.9 Å². The Morgan fingerprint density at radius 3 is 2.22 bits per heavy atom. The van der Waals surface area contributed by atoms with Crippen molar-refractivity contribution in [2.24, 2.45) is 11.7 Å². The Kier molecular flexibility index (Phi) is 13.5. The smallest absolute Gasteiger partial charge is 0.325 e. The van der Waals surface area contributed by atoms with Crippen molar-refractivity contribution in [3.63, 3.8) is 0 Å². The molecule has 0 heterocycles. The van der Waals surface area contributed by atoms with Gasteiger partial charge in [-0.1, -0.05) is 52.2 Å². The fourth-order valence-electron chi connectivity index (χ4n) is 3.49. The first-order chi connectivity index (χ1) is 17.0. The van der Waals surface area contributed by atoms with Gasteiger partial charge in [0.1, 0.15) is 24.2 Å². The monoisotopic (exact) mass is 506 g/mol. The van der Waals surface area contributed by atoms with Crippen molar-refractivity contribution in [1.82, 2.24) is 10.6 Å². The number of hydrogen-bond donors (Lipinski definition) is 5. The number of ether oxygens (including phenoxy) is 1. The van der Waals surface area contributed by atoms with Crippen LogP contribution in [-0.2, 0) is 30.3 Å². The molecule has 2 amide bonds. The number of anilines is 1. The molecular weight excluding hydrogens is 464 g/mol. The molecule has 1 aromatic carbocycles. The van der Waals surface area contributed by atoms with Crippen LogP contribution in [0, 0.1) is 5.92 Å². The van der Waals surface area contributed by atoms with Crippen LogP contribution in [-0.4, -0.2) is 53.1 Å². The van der Waals surface area contributed by atoms with Gasteiger partial charge in [-0.05, 0) is 43.4 Å². The van der Waals surface area contributed by atoms with Crippen LogP contribution < -0.4 is 22.1 Å². The van der Waals surface area contributed by atoms with E-state index in [1.54, 1.807) is 24.3 Å². The van der Waals surface area contributed by atoms with E-state index < -0.39 is 48.0 Å². The van der Waals surface area contributed by atoms with Gasteiger partial charge < -0.3 is 31.9 Å². The zero-order valence-electron chi connectivity index (χ0n) is 21.8. The molecule has 0 saturated heterocycles. The Bertz CT molecular complexity index is 860. The highest BCUT2D eigenvalue weighted by Gasteiger charge is 2.28. The number of carbonyl (C=O) groups is 4. The van der Waals surface area contributed by atoms with Gasteiger partial charge in [-0.3, -0.25) is 19.2 Å². The fourth-order valence-corrected chi connectivity index (χ4v) is 3.49. The molecule has 0 aromatic heterocycles. The van der Waals surface area contributed by atoms with E-state index in [9.17, 15) is 19.2 Å². The summed E-state index contributed by atoms with van der Waals surface area (Å²) >= 11 is 0. The van der Waals surface area contributed by atoms with Gasteiger partial charge in [0.05, 0.1) is 6.42 Å². The van der Waals surface area contributed by atoms with Crippen LogP contribution >= 0.6 is 0 Å². The Balaban J connectivity index is 2.97. The maximum absolute atomic E-state index is 13.0. The van der Waals surface area contributed by atoms with Crippen LogP contribution in [0.4, 0.5) is 5.69 Å². The largest absolute Gasteiger partial charge is 0.480 e. The highest BCUT2D eigenvalue weighted by molar-refractivity contribution is 5.90. The number of carbonyl (C=O) groups excluding carboxylic acids is 3. The molecule has 0 aliphatic rings. The third kappa shape index (κ3) is 11.1. The summed E-state index contributed by atoms with van der Waals surface area (Å²) in [6.07, 6.45) is 3.17. The topological polar surface area (TPSA) is 174 Å². The van der Waals surface area contributed by atoms with Crippen LogP contribution in [0.5, 0.6) is 0 Å². The van der Waals surface area contributed by atoms with Gasteiger partial charge in [0.25, 0.3) is 0 Å². The summed E-state index contributed by atoms with van der Waals surface area (Å²) in [5.74, 6) is -2.92. The first-order valence-corrected chi connectivity index (χ1v) is 12.6. The summed E-state index contributed by atoms with van der Waals surface area (Å²) in [6, 6.07) is 3.87. The van der Waals surface area contributed by atoms with Crippen molar-refractivity contribution in [2.75, 3.05) is 5.73 Å². The molecule has 10 heteroatoms. The van der Waals surface area contributed by atoms with Crippen molar-refractivity contribution >= 4 is 29.4 Å². The molecule has 10 nitrogen and oxygen atoms in total. The molecule has 0 aliphatic carbocycles. The van der Waals surface area contributed by atoms with Crippen LogP contribution in [0.15, 0.2) is 24.3 Å². The zero-order valence-corrected chi connectivity index (χ0v) is 21.8. The predicted molar refractivity (Wildman–Crippen MR) is 138 cm³/mol. The van der Waals surface area contributed by atoms with E-state index >= 15 is 0 Å². The maximum atomic E-state index is 13.0. The Morgan fingerprint density at radius 2 is 1.67 bits per heavy atom. The van der Waals surface area contributed by atoms with Gasteiger partial charge in [-0.25, -0.2) is 0 Å². The Labute approximate surface area is 213 Å². The number of carboxylic acids is 1. The number of esters is 1. The number of rotatable bonds is 16. The summed E-state index contributed by atoms with van der Waals surface area (Å²) in [7, 11) is 0. The highest BCUT2D eigenvalue weighted by atomic mass is 16.5. The summed E-state index contributed by atoms with van der Waals surface area (Å²) < 4.78 is 5.61. The molecule has 0 bridgehead atoms. The molecule has 0 saturated carbocycles. The third-order valence-corrected chi connectivity index (χ3v) is 6.16. The van der Waals surface area contributed by atoms with Gasteiger partial charge in [0.2, 0.25) is 11.8 Å². The lowest BCUT2D eigenvalue weighted by atomic mass is 10.00. The van der Waals surface area contributed by atoms with E-state index in [1.165, 1.54) is 6.92 Å². The second-order valence-corrected chi connectivity index (χ2v) is 9.30. The summed E-state index contributed by atoms with van der Waals surface area (Å²) in [5.41, 5.74) is 13.0. The average molecular weight is 507 g/mol. The van der Waals surface area contributed by atoms with Crippen molar-refractivity contribution in [1.29, 1.82) is 0 Å². The number of benzene rings is 1. The number of nitrogens with one attached hydrogen (secondary N) is 2. The molecule has 0 fully saturated rings. The Hall–Kier alpha value is -3.14. The average Bonchev–Trinajstić information content (AvgIpc) is 2.83. The SMILES string of the molecule is CCCCC[C@H](CC(=O)N[C@@H](Cc1ccc(N)cc1)C(=O)N[C@@H](C)C(=O)O)OC(=O)[C@H](N)[C@@H](C)CC. The molecule has 1 rings (SSSR count). The van der Waals surface area contributed by atoms with E-state index in [0.717, 1.165) is 24.8 Å². The van der Waals surface area contributed by atoms with Gasteiger partial charge in [0, 0.05) is 12.1 Å². The molecule has 36 heavy (non-hydrogen) atoms. The van der Waals surface area contributed by atoms with Crippen LogP contribution in [0.25, 0.3) is 0 Å². The second kappa shape index (κ2) is 15.8. The number of aliphatic carboxylic acids is 1. The molecule has 7 N–H and O–H groups in total. The zero-order chi connectivity index (χ0) is 27.3. The molecule has 5 atom stereocenters. The van der Waals surface area contributed by atoms with Crippen LogP contribution in [0.3, 0.4) is 0 Å². The number of carboxylic acid groups (broad SMARTS) is 1. The number of unbranched alkanes of at least 4 members (excludes halogenated alkanes) is 2. The predicted octanol–water partition coefficient (Wildman–Crippen LogP) is 2.14. The van der Waals surface area contributed by atoms with Gasteiger partial charge in [-0.2, -0.15) is 0 Å². The highest BCUT2D eigenvalue weighted by Crippen LogP contribution is 2.15. The van der Waals surface area contributed by atoms with E-state index in [4.69, 9.17) is 21.3 Å². The molecule has 0 aliphatic heterocycles. The maximum Gasteiger partial charge on any atom is 0.325 e. The molecule has 0 unspecified atom stereocenters. The molecule has 0 spiro atoms. The lowest BCUT2D eigenvalue weighted by molar-refractivity contribution is -0.153. The van der Waals surface area contributed by atoms with Gasteiger partial charge in [-0.15, -0.1) is 0 Å². The molecular formula is C26H42N4O6. The second-order valence-electron chi connectivity index (χ2n) is 9.30. The minimum absolute atomic E-state index is 0.0631. The number of hydrogen-bond acceptors (Lipinski definition) is 7. The molecule has 0 radical (unpaired) electrons. The third-order valence-electron chi connectivity index (χ3n) is 6.16. The number of nitrogens with two attached hydrogens (primary N) is 2. The lowest BCUT2D eigenvalue weighted by Gasteiger charge is -2.24. The summed E-state index contributed by atoms with van der Waals surface area (Å²) in [6.45, 7) is 7.18. The lowest BCUT2D eigenvalue weighted by Crippen LogP contribution is -2.52. The minimum atomic E-state index is -1.19. The quantitative estimate of drug-likeness (QED) is 0.129. The minimum Gasteiger partial charge on any atom is -0.480 e. The van der Waals surface area contributed by atoms with E-state index in [-0.39, 0.29) is 18.8 Å².